The largest absolute Gasteiger partial charge is 0.496 e. The third-order valence-corrected chi connectivity index (χ3v) is 5.74. The van der Waals surface area contributed by atoms with Gasteiger partial charge in [-0.2, -0.15) is 0 Å². The number of hydrogen-bond donors (Lipinski definition) is 3. The van der Waals surface area contributed by atoms with Gasteiger partial charge >= 0.3 is 0 Å². The van der Waals surface area contributed by atoms with Crippen LogP contribution in [0.2, 0.25) is 0 Å². The highest BCUT2D eigenvalue weighted by molar-refractivity contribution is 5.52. The molecule has 0 aliphatic carbocycles. The van der Waals surface area contributed by atoms with E-state index in [9.17, 15) is 15.3 Å². The molecule has 0 amide bonds. The van der Waals surface area contributed by atoms with Crippen molar-refractivity contribution in [2.45, 2.75) is 43.7 Å². The minimum Gasteiger partial charge on any atom is -0.496 e. The molecular weight excluding hydrogens is 456 g/mol. The van der Waals surface area contributed by atoms with Crippen LogP contribution in [0, 0.1) is 11.8 Å². The van der Waals surface area contributed by atoms with Gasteiger partial charge in [0, 0.05) is 36.8 Å². The average molecular weight is 489 g/mol. The number of rotatable bonds is 9. The molecule has 0 aromatic heterocycles. The SMILES string of the molecule is COc1cc(OC)c(CC#Cc2cccc(CO[C@H]3[C@@H](O)[C@@H](CO)O[C@@H](OC)[C@@H]3O)c2)c(OC)c1. The Morgan fingerprint density at radius 2 is 1.66 bits per heavy atom. The lowest BCUT2D eigenvalue weighted by molar-refractivity contribution is -0.303. The van der Waals surface area contributed by atoms with Crippen LogP contribution in [0.4, 0.5) is 0 Å². The molecule has 1 aliphatic rings. The van der Waals surface area contributed by atoms with E-state index in [1.807, 2.05) is 24.3 Å². The second-order valence-electron chi connectivity index (χ2n) is 7.91. The molecular formula is C26H32O9. The molecule has 0 saturated carbocycles. The first-order valence-corrected chi connectivity index (χ1v) is 11.1. The van der Waals surface area contributed by atoms with Crippen molar-refractivity contribution in [1.29, 1.82) is 0 Å². The molecule has 1 saturated heterocycles. The molecule has 1 aliphatic heterocycles. The van der Waals surface area contributed by atoms with Gasteiger partial charge in [-0.05, 0) is 17.7 Å². The Kier molecular flexibility index (Phi) is 9.74. The molecule has 9 nitrogen and oxygen atoms in total. The molecule has 3 N–H and O–H groups in total. The van der Waals surface area contributed by atoms with Gasteiger partial charge in [-0.15, -0.1) is 0 Å². The van der Waals surface area contributed by atoms with Gasteiger partial charge in [0.2, 0.25) is 0 Å². The fraction of sp³-hybridized carbons (Fsp3) is 0.462. The van der Waals surface area contributed by atoms with Crippen LogP contribution in [0.1, 0.15) is 16.7 Å². The Hall–Kier alpha value is -2.84. The first kappa shape index (κ1) is 26.8. The predicted molar refractivity (Wildman–Crippen MR) is 126 cm³/mol. The third-order valence-electron chi connectivity index (χ3n) is 5.74. The summed E-state index contributed by atoms with van der Waals surface area (Å²) in [6.45, 7) is -0.314. The van der Waals surface area contributed by atoms with Crippen LogP contribution in [0.25, 0.3) is 0 Å². The van der Waals surface area contributed by atoms with Gasteiger partial charge in [0.05, 0.1) is 34.5 Å². The lowest BCUT2D eigenvalue weighted by atomic mass is 9.99. The molecule has 35 heavy (non-hydrogen) atoms. The molecule has 2 aromatic rings. The summed E-state index contributed by atoms with van der Waals surface area (Å²) in [4.78, 5) is 0. The first-order valence-electron chi connectivity index (χ1n) is 11.1. The van der Waals surface area contributed by atoms with Crippen molar-refractivity contribution < 1.29 is 43.7 Å². The van der Waals surface area contributed by atoms with Crippen molar-refractivity contribution in [2.24, 2.45) is 0 Å². The lowest BCUT2D eigenvalue weighted by Crippen LogP contribution is -2.59. The van der Waals surface area contributed by atoms with E-state index in [1.165, 1.54) is 7.11 Å². The van der Waals surface area contributed by atoms with Crippen molar-refractivity contribution in [1.82, 2.24) is 0 Å². The highest BCUT2D eigenvalue weighted by Crippen LogP contribution is 2.34. The van der Waals surface area contributed by atoms with E-state index in [0.717, 1.165) is 16.7 Å². The van der Waals surface area contributed by atoms with Gasteiger partial charge < -0.3 is 43.7 Å². The van der Waals surface area contributed by atoms with Crippen molar-refractivity contribution in [3.05, 3.63) is 53.1 Å². The van der Waals surface area contributed by atoms with E-state index in [2.05, 4.69) is 11.8 Å². The highest BCUT2D eigenvalue weighted by Gasteiger charge is 2.45. The number of aliphatic hydroxyl groups excluding tert-OH is 3. The minimum absolute atomic E-state index is 0.114. The van der Waals surface area contributed by atoms with Gasteiger partial charge in [0.15, 0.2) is 6.29 Å². The zero-order valence-corrected chi connectivity index (χ0v) is 20.3. The maximum absolute atomic E-state index is 10.4. The standard InChI is InChI=1S/C26H32O9/c1-30-18-12-20(31-2)19(21(13-18)32-3)10-6-8-16-7-5-9-17(11-16)15-34-25-23(28)22(14-27)35-26(33-4)24(25)29/h5,7,9,11-13,22-29H,10,14-15H2,1-4H3/t22-,23+,24-,25+,26-/m1/s1. The molecule has 0 spiro atoms. The molecule has 1 fully saturated rings. The van der Waals surface area contributed by atoms with Gasteiger partial charge in [-0.25, -0.2) is 0 Å². The van der Waals surface area contributed by atoms with Crippen molar-refractivity contribution in [3.63, 3.8) is 0 Å². The molecule has 9 heteroatoms. The summed E-state index contributed by atoms with van der Waals surface area (Å²) in [5.74, 6) is 8.16. The van der Waals surface area contributed by atoms with Crippen LogP contribution in [0.15, 0.2) is 36.4 Å². The highest BCUT2D eigenvalue weighted by atomic mass is 16.7. The van der Waals surface area contributed by atoms with E-state index >= 15 is 0 Å². The molecule has 1 heterocycles. The van der Waals surface area contributed by atoms with E-state index < -0.39 is 37.3 Å². The summed E-state index contributed by atoms with van der Waals surface area (Å²) >= 11 is 0. The maximum Gasteiger partial charge on any atom is 0.186 e. The van der Waals surface area contributed by atoms with Gasteiger partial charge in [-0.3, -0.25) is 0 Å². The van der Waals surface area contributed by atoms with Crippen LogP contribution in [-0.2, 0) is 27.2 Å². The van der Waals surface area contributed by atoms with E-state index in [4.69, 9.17) is 28.4 Å². The number of methoxy groups -OCH3 is 4. The second kappa shape index (κ2) is 12.7. The van der Waals surface area contributed by atoms with Crippen LogP contribution in [0.3, 0.4) is 0 Å². The first-order chi connectivity index (χ1) is 16.9. The van der Waals surface area contributed by atoms with Gasteiger partial charge in [0.25, 0.3) is 0 Å². The fourth-order valence-electron chi connectivity index (χ4n) is 3.86. The Bertz CT molecular complexity index is 988. The van der Waals surface area contributed by atoms with Crippen molar-refractivity contribution in [2.75, 3.05) is 35.0 Å². The monoisotopic (exact) mass is 488 g/mol. The fourth-order valence-corrected chi connectivity index (χ4v) is 3.86. The average Bonchev–Trinajstić information content (AvgIpc) is 2.88. The Labute approximate surface area is 205 Å². The Balaban J connectivity index is 1.70. The van der Waals surface area contributed by atoms with Crippen LogP contribution >= 0.6 is 0 Å². The van der Waals surface area contributed by atoms with Crippen molar-refractivity contribution >= 4 is 0 Å². The summed E-state index contributed by atoms with van der Waals surface area (Å²) in [6, 6.07) is 11.0. The summed E-state index contributed by atoms with van der Waals surface area (Å²) in [5.41, 5.74) is 2.39. The van der Waals surface area contributed by atoms with Gasteiger partial charge in [-0.1, -0.05) is 24.0 Å². The Morgan fingerprint density at radius 3 is 2.26 bits per heavy atom. The summed E-state index contributed by atoms with van der Waals surface area (Å²) < 4.78 is 32.5. The van der Waals surface area contributed by atoms with Crippen molar-refractivity contribution in [3.8, 4) is 29.1 Å². The lowest BCUT2D eigenvalue weighted by Gasteiger charge is -2.41. The summed E-state index contributed by atoms with van der Waals surface area (Å²) in [6.07, 6.45) is -4.94. The quantitative estimate of drug-likeness (QED) is 0.449. The predicted octanol–water partition coefficient (Wildman–Crippen LogP) is 1.28. The maximum atomic E-state index is 10.4. The molecule has 0 unspecified atom stereocenters. The molecule has 3 rings (SSSR count). The van der Waals surface area contributed by atoms with Crippen LogP contribution in [-0.4, -0.2) is 81.1 Å². The number of hydrogen-bond acceptors (Lipinski definition) is 9. The Morgan fingerprint density at radius 1 is 0.943 bits per heavy atom. The number of aliphatic hydroxyl groups is 3. The summed E-state index contributed by atoms with van der Waals surface area (Å²) in [5, 5.41) is 30.3. The van der Waals surface area contributed by atoms with E-state index in [1.54, 1.807) is 33.5 Å². The van der Waals surface area contributed by atoms with E-state index in [0.29, 0.717) is 23.7 Å². The van der Waals surface area contributed by atoms with Crippen LogP contribution < -0.4 is 14.2 Å². The second-order valence-corrected chi connectivity index (χ2v) is 7.91. The smallest absolute Gasteiger partial charge is 0.186 e. The number of ether oxygens (including phenoxy) is 6. The molecule has 0 bridgehead atoms. The normalized spacial score (nSPS) is 23.8. The third kappa shape index (κ3) is 6.44. The summed E-state index contributed by atoms with van der Waals surface area (Å²) in [7, 11) is 6.11. The van der Waals surface area contributed by atoms with E-state index in [-0.39, 0.29) is 6.61 Å². The molecule has 0 radical (unpaired) electrons. The number of benzene rings is 2. The molecule has 5 atom stereocenters. The van der Waals surface area contributed by atoms with Crippen LogP contribution in [0.5, 0.6) is 17.2 Å². The zero-order valence-electron chi connectivity index (χ0n) is 20.3. The van der Waals surface area contributed by atoms with Gasteiger partial charge in [0.1, 0.15) is 41.7 Å². The zero-order chi connectivity index (χ0) is 25.4. The minimum atomic E-state index is -1.21. The molecule has 190 valence electrons. The topological polar surface area (TPSA) is 116 Å². The molecule has 2 aromatic carbocycles.